The first-order valence-corrected chi connectivity index (χ1v) is 11.7. The lowest BCUT2D eigenvalue weighted by atomic mass is 9.90. The fourth-order valence-corrected chi connectivity index (χ4v) is 3.86. The number of carbonyl (C=O) groups excluding carboxylic acids is 1. The second kappa shape index (κ2) is 11.2. The highest BCUT2D eigenvalue weighted by Crippen LogP contribution is 2.21. The average Bonchev–Trinajstić information content (AvgIpc) is 3.17. The quantitative estimate of drug-likeness (QED) is 0.324. The monoisotopic (exact) mass is 540 g/mol. The van der Waals surface area contributed by atoms with Crippen molar-refractivity contribution >= 4 is 45.7 Å². The fourth-order valence-electron chi connectivity index (χ4n) is 2.93. The summed E-state index contributed by atoms with van der Waals surface area (Å²) < 4.78 is 28.1. The lowest BCUT2D eigenvalue weighted by molar-refractivity contribution is 0.0657. The molecule has 0 bridgehead atoms. The van der Waals surface area contributed by atoms with Crippen LogP contribution in [-0.4, -0.2) is 81.4 Å². The largest absolute Gasteiger partial charge is 0.459 e. The van der Waals surface area contributed by atoms with Gasteiger partial charge in [0.25, 0.3) is 5.91 Å². The molecule has 1 N–H and O–H groups in total. The molecule has 1 aliphatic heterocycles. The van der Waals surface area contributed by atoms with E-state index in [1.165, 1.54) is 12.5 Å². The number of amides is 1. The Kier molecular flexibility index (Phi) is 9.93. The van der Waals surface area contributed by atoms with Crippen LogP contribution >= 0.6 is 24.0 Å². The van der Waals surface area contributed by atoms with Crippen molar-refractivity contribution in [3.63, 3.8) is 0 Å². The number of furan rings is 1. The SMILES string of the molecule is CCNC(=NCC(C)(C)CCS(C)(=O)=O)N1CCN(C(=O)c2ccco2)CC1.I. The molecule has 0 aliphatic carbocycles. The Morgan fingerprint density at radius 3 is 2.38 bits per heavy atom. The molecule has 1 amide bonds. The summed E-state index contributed by atoms with van der Waals surface area (Å²) in [6, 6.07) is 3.39. The lowest BCUT2D eigenvalue weighted by Gasteiger charge is -2.36. The van der Waals surface area contributed by atoms with Crippen LogP contribution in [0.2, 0.25) is 0 Å². The minimum Gasteiger partial charge on any atom is -0.459 e. The van der Waals surface area contributed by atoms with E-state index in [0.717, 1.165) is 12.5 Å². The molecule has 0 saturated carbocycles. The van der Waals surface area contributed by atoms with E-state index < -0.39 is 9.84 Å². The first-order chi connectivity index (χ1) is 13.1. The van der Waals surface area contributed by atoms with Crippen LogP contribution in [0.4, 0.5) is 0 Å². The Morgan fingerprint density at radius 2 is 1.86 bits per heavy atom. The van der Waals surface area contributed by atoms with Gasteiger partial charge in [-0.15, -0.1) is 24.0 Å². The lowest BCUT2D eigenvalue weighted by Crippen LogP contribution is -2.54. The van der Waals surface area contributed by atoms with Gasteiger partial charge < -0.3 is 19.5 Å². The van der Waals surface area contributed by atoms with E-state index in [0.29, 0.717) is 44.9 Å². The minimum atomic E-state index is -2.98. The summed E-state index contributed by atoms with van der Waals surface area (Å²) in [5, 5.41) is 3.30. The molecular formula is C19H33IN4O4S. The van der Waals surface area contributed by atoms with Crippen molar-refractivity contribution in [3.8, 4) is 0 Å². The Bertz CT molecular complexity index is 770. The molecule has 0 aromatic carbocycles. The second-order valence-corrected chi connectivity index (χ2v) is 10.2. The van der Waals surface area contributed by atoms with Crippen molar-refractivity contribution in [2.75, 3.05) is 51.3 Å². The molecule has 0 unspecified atom stereocenters. The highest BCUT2D eigenvalue weighted by molar-refractivity contribution is 14.0. The van der Waals surface area contributed by atoms with Gasteiger partial charge in [0.2, 0.25) is 0 Å². The van der Waals surface area contributed by atoms with Crippen LogP contribution in [-0.2, 0) is 9.84 Å². The number of rotatable bonds is 7. The van der Waals surface area contributed by atoms with Gasteiger partial charge in [-0.3, -0.25) is 9.79 Å². The molecule has 1 aromatic rings. The summed E-state index contributed by atoms with van der Waals surface area (Å²) in [4.78, 5) is 21.1. The standard InChI is InChI=1S/C19H32N4O4S.HI/c1-5-20-18(21-15-19(2,3)8-14-28(4,25)26)23-11-9-22(10-12-23)17(24)16-7-6-13-27-16;/h6-7,13H,5,8-12,14-15H2,1-4H3,(H,20,21);1H. The molecule has 0 spiro atoms. The summed E-state index contributed by atoms with van der Waals surface area (Å²) in [5.74, 6) is 1.25. The number of carbonyl (C=O) groups is 1. The normalized spacial score (nSPS) is 15.8. The van der Waals surface area contributed by atoms with Gasteiger partial charge in [0, 0.05) is 45.5 Å². The number of nitrogens with zero attached hydrogens (tertiary/aromatic N) is 3. The highest BCUT2D eigenvalue weighted by atomic mass is 127. The van der Waals surface area contributed by atoms with E-state index in [-0.39, 0.29) is 41.1 Å². The zero-order valence-corrected chi connectivity index (χ0v) is 20.8. The number of piperazine rings is 1. The van der Waals surface area contributed by atoms with E-state index in [1.807, 2.05) is 20.8 Å². The van der Waals surface area contributed by atoms with Gasteiger partial charge in [-0.05, 0) is 30.9 Å². The van der Waals surface area contributed by atoms with Crippen molar-refractivity contribution in [2.45, 2.75) is 27.2 Å². The molecule has 1 aromatic heterocycles. The van der Waals surface area contributed by atoms with Crippen LogP contribution in [0, 0.1) is 5.41 Å². The average molecular weight is 540 g/mol. The number of aliphatic imine (C=N–C) groups is 1. The number of guanidine groups is 1. The van der Waals surface area contributed by atoms with E-state index in [9.17, 15) is 13.2 Å². The van der Waals surface area contributed by atoms with Crippen molar-refractivity contribution in [3.05, 3.63) is 24.2 Å². The van der Waals surface area contributed by atoms with Gasteiger partial charge in [0.1, 0.15) is 9.84 Å². The highest BCUT2D eigenvalue weighted by Gasteiger charge is 2.26. The van der Waals surface area contributed by atoms with Crippen molar-refractivity contribution in [1.82, 2.24) is 15.1 Å². The first-order valence-electron chi connectivity index (χ1n) is 9.65. The second-order valence-electron chi connectivity index (χ2n) is 7.97. The van der Waals surface area contributed by atoms with Gasteiger partial charge >= 0.3 is 0 Å². The van der Waals surface area contributed by atoms with Crippen molar-refractivity contribution < 1.29 is 17.6 Å². The molecule has 166 valence electrons. The Hall–Kier alpha value is -1.30. The predicted octanol–water partition coefficient (Wildman–Crippen LogP) is 2.08. The summed E-state index contributed by atoms with van der Waals surface area (Å²) in [6.07, 6.45) is 3.34. The van der Waals surface area contributed by atoms with E-state index in [2.05, 4.69) is 10.2 Å². The molecule has 2 rings (SSSR count). The number of hydrogen-bond donors (Lipinski definition) is 1. The molecule has 1 fully saturated rings. The molecule has 0 radical (unpaired) electrons. The maximum atomic E-state index is 12.4. The maximum absolute atomic E-state index is 12.4. The van der Waals surface area contributed by atoms with Gasteiger partial charge in [-0.2, -0.15) is 0 Å². The topological polar surface area (TPSA) is 95.2 Å². The third-order valence-corrected chi connectivity index (χ3v) is 5.69. The molecule has 1 aliphatic rings. The summed E-state index contributed by atoms with van der Waals surface area (Å²) in [6.45, 7) is 9.93. The third kappa shape index (κ3) is 8.53. The third-order valence-electron chi connectivity index (χ3n) is 4.74. The molecular weight excluding hydrogens is 507 g/mol. The van der Waals surface area contributed by atoms with Gasteiger partial charge in [0.05, 0.1) is 12.0 Å². The van der Waals surface area contributed by atoms with Crippen LogP contribution < -0.4 is 5.32 Å². The first kappa shape index (κ1) is 25.7. The predicted molar refractivity (Wildman–Crippen MR) is 126 cm³/mol. The minimum absolute atomic E-state index is 0. The van der Waals surface area contributed by atoms with Crippen LogP contribution in [0.3, 0.4) is 0 Å². The van der Waals surface area contributed by atoms with Gasteiger partial charge in [0.15, 0.2) is 11.7 Å². The van der Waals surface area contributed by atoms with Gasteiger partial charge in [-0.25, -0.2) is 8.42 Å². The summed E-state index contributed by atoms with van der Waals surface area (Å²) in [7, 11) is -2.98. The molecule has 8 nitrogen and oxygen atoms in total. The Balaban J connectivity index is 0.00000420. The van der Waals surface area contributed by atoms with Crippen LogP contribution in [0.5, 0.6) is 0 Å². The van der Waals surface area contributed by atoms with Gasteiger partial charge in [-0.1, -0.05) is 13.8 Å². The van der Waals surface area contributed by atoms with Crippen LogP contribution in [0.15, 0.2) is 27.8 Å². The smallest absolute Gasteiger partial charge is 0.289 e. The fraction of sp³-hybridized carbons (Fsp3) is 0.684. The van der Waals surface area contributed by atoms with Crippen molar-refractivity contribution in [1.29, 1.82) is 0 Å². The molecule has 10 heteroatoms. The molecule has 29 heavy (non-hydrogen) atoms. The van der Waals surface area contributed by atoms with Crippen molar-refractivity contribution in [2.24, 2.45) is 10.4 Å². The maximum Gasteiger partial charge on any atom is 0.289 e. The molecule has 2 heterocycles. The number of sulfone groups is 1. The Labute approximate surface area is 191 Å². The van der Waals surface area contributed by atoms with E-state index in [4.69, 9.17) is 9.41 Å². The summed E-state index contributed by atoms with van der Waals surface area (Å²) >= 11 is 0. The Morgan fingerprint density at radius 1 is 1.24 bits per heavy atom. The zero-order valence-electron chi connectivity index (χ0n) is 17.7. The molecule has 1 saturated heterocycles. The number of hydrogen-bond acceptors (Lipinski definition) is 5. The zero-order chi connectivity index (χ0) is 20.8. The number of halogens is 1. The van der Waals surface area contributed by atoms with Crippen LogP contribution in [0.1, 0.15) is 37.7 Å². The van der Waals surface area contributed by atoms with E-state index >= 15 is 0 Å². The van der Waals surface area contributed by atoms with Crippen LogP contribution in [0.25, 0.3) is 0 Å². The summed E-state index contributed by atoms with van der Waals surface area (Å²) in [5.41, 5.74) is -0.208. The molecule has 0 atom stereocenters. The van der Waals surface area contributed by atoms with E-state index in [1.54, 1.807) is 17.0 Å². The number of nitrogens with one attached hydrogen (secondary N) is 1.